The Hall–Kier alpha value is -2.47. The normalized spacial score (nSPS) is 16.9. The summed E-state index contributed by atoms with van der Waals surface area (Å²) in [6.07, 6.45) is 1.76. The lowest BCUT2D eigenvalue weighted by Crippen LogP contribution is -2.99. The van der Waals surface area contributed by atoms with Gasteiger partial charge in [0.2, 0.25) is 0 Å². The third-order valence-electron chi connectivity index (χ3n) is 3.18. The van der Waals surface area contributed by atoms with Crippen molar-refractivity contribution in [2.75, 3.05) is 5.32 Å². The van der Waals surface area contributed by atoms with Crippen molar-refractivity contribution < 1.29 is 15.2 Å². The van der Waals surface area contributed by atoms with E-state index in [-0.39, 0.29) is 11.6 Å². The summed E-state index contributed by atoms with van der Waals surface area (Å²) < 4.78 is 0. The number of para-hydroxylation sites is 1. The minimum atomic E-state index is -0.965. The van der Waals surface area contributed by atoms with Gasteiger partial charge in [-0.2, -0.15) is 5.23 Å². The molecule has 1 unspecified atom stereocenters. The smallest absolute Gasteiger partial charge is 0.256 e. The second-order valence-electron chi connectivity index (χ2n) is 4.48. The molecule has 3 N–H and O–H groups in total. The number of nitrogens with one attached hydrogen (secondary N) is 2. The van der Waals surface area contributed by atoms with Crippen molar-refractivity contribution in [1.82, 2.24) is 0 Å². The number of anilines is 1. The number of amides is 1. The Morgan fingerprint density at radius 3 is 2.50 bits per heavy atom. The molecule has 0 saturated heterocycles. The Morgan fingerprint density at radius 1 is 1.10 bits per heavy atom. The van der Waals surface area contributed by atoms with Crippen LogP contribution < -0.4 is 10.5 Å². The van der Waals surface area contributed by atoms with E-state index < -0.39 is 5.23 Å². The average molecular weight is 268 g/mol. The van der Waals surface area contributed by atoms with Gasteiger partial charge in [-0.3, -0.25) is 4.79 Å². The molecule has 100 valence electrons. The van der Waals surface area contributed by atoms with E-state index in [1.807, 2.05) is 24.3 Å². The number of benzene rings is 2. The molecule has 1 aliphatic heterocycles. The van der Waals surface area contributed by atoms with E-state index in [1.54, 1.807) is 18.2 Å². The Morgan fingerprint density at radius 2 is 1.80 bits per heavy atom. The van der Waals surface area contributed by atoms with Gasteiger partial charge in [-0.1, -0.05) is 18.2 Å². The molecule has 5 heteroatoms. The average Bonchev–Trinajstić information content (AvgIpc) is 2.76. The molecule has 3 rings (SSSR count). The molecule has 1 aliphatic rings. The molecular weight excluding hydrogens is 256 g/mol. The highest BCUT2D eigenvalue weighted by atomic mass is 16.8. The molecule has 2 aromatic carbocycles. The lowest BCUT2D eigenvalue weighted by Gasteiger charge is -2.10. The summed E-state index contributed by atoms with van der Waals surface area (Å²) >= 11 is 0. The molecule has 0 fully saturated rings. The van der Waals surface area contributed by atoms with Crippen molar-refractivity contribution in [2.24, 2.45) is 0 Å². The first-order valence-corrected chi connectivity index (χ1v) is 6.11. The Kier molecular flexibility index (Phi) is 3.08. The first-order valence-electron chi connectivity index (χ1n) is 6.11. The number of hydrogen-bond donors (Lipinski definition) is 3. The number of carbonyl (C=O) groups is 1. The van der Waals surface area contributed by atoms with Gasteiger partial charge in [0.1, 0.15) is 0 Å². The van der Waals surface area contributed by atoms with Crippen molar-refractivity contribution in [3.63, 3.8) is 0 Å². The minimum Gasteiger partial charge on any atom is -0.595 e. The summed E-state index contributed by atoms with van der Waals surface area (Å²) in [5.74, 6) is -0.145. The zero-order valence-corrected chi connectivity index (χ0v) is 10.5. The van der Waals surface area contributed by atoms with Gasteiger partial charge in [0.15, 0.2) is 5.69 Å². The van der Waals surface area contributed by atoms with Gasteiger partial charge < -0.3 is 10.5 Å². The first-order chi connectivity index (χ1) is 9.65. The molecule has 0 bridgehead atoms. The third kappa shape index (κ3) is 2.21. The van der Waals surface area contributed by atoms with Crippen molar-refractivity contribution >= 4 is 28.9 Å². The molecule has 1 amide bonds. The van der Waals surface area contributed by atoms with Gasteiger partial charge in [0.05, 0.1) is 0 Å². The summed E-state index contributed by atoms with van der Waals surface area (Å²) in [6.45, 7) is 0. The van der Waals surface area contributed by atoms with Crippen molar-refractivity contribution in [3.8, 4) is 0 Å². The Labute approximate surface area is 115 Å². The molecule has 20 heavy (non-hydrogen) atoms. The van der Waals surface area contributed by atoms with E-state index in [4.69, 9.17) is 5.21 Å². The summed E-state index contributed by atoms with van der Waals surface area (Å²) in [4.78, 5) is 11.9. The first kappa shape index (κ1) is 12.6. The van der Waals surface area contributed by atoms with Crippen LogP contribution in [0.4, 0.5) is 11.4 Å². The summed E-state index contributed by atoms with van der Waals surface area (Å²) in [7, 11) is 0. The number of carbonyl (C=O) groups excluding carboxylic acids is 1. The van der Waals surface area contributed by atoms with Crippen LogP contribution in [0.5, 0.6) is 0 Å². The van der Waals surface area contributed by atoms with Crippen molar-refractivity contribution in [1.29, 1.82) is 0 Å². The molecule has 1 heterocycles. The fourth-order valence-corrected chi connectivity index (χ4v) is 2.17. The van der Waals surface area contributed by atoms with Crippen LogP contribution in [0.25, 0.3) is 11.6 Å². The van der Waals surface area contributed by atoms with Gasteiger partial charge >= 0.3 is 0 Å². The Balaban J connectivity index is 1.98. The zero-order chi connectivity index (χ0) is 14.1. The largest absolute Gasteiger partial charge is 0.595 e. The topological polar surface area (TPSA) is 76.8 Å². The maximum Gasteiger partial charge on any atom is 0.256 e. The molecule has 0 aromatic heterocycles. The fourth-order valence-electron chi connectivity index (χ4n) is 2.17. The van der Waals surface area contributed by atoms with Gasteiger partial charge in [0, 0.05) is 29.0 Å². The molecule has 0 aliphatic carbocycles. The fraction of sp³-hybridized carbons (Fsp3) is 0. The molecule has 0 spiro atoms. The van der Waals surface area contributed by atoms with Gasteiger partial charge in [0.25, 0.3) is 5.91 Å². The lowest BCUT2D eigenvalue weighted by molar-refractivity contribution is -0.991. The van der Waals surface area contributed by atoms with Crippen LogP contribution in [0, 0.1) is 5.21 Å². The minimum absolute atomic E-state index is 0.145. The van der Waals surface area contributed by atoms with Gasteiger partial charge in [-0.15, -0.1) is 0 Å². The highest BCUT2D eigenvalue weighted by Crippen LogP contribution is 2.32. The second-order valence-corrected chi connectivity index (χ2v) is 4.48. The molecule has 5 nitrogen and oxygen atoms in total. The number of hydrogen-bond acceptors (Lipinski definition) is 3. The Bertz CT molecular complexity index is 691. The van der Waals surface area contributed by atoms with E-state index in [1.165, 1.54) is 12.1 Å². The predicted octanol–water partition coefficient (Wildman–Crippen LogP) is 1.58. The van der Waals surface area contributed by atoms with E-state index in [0.29, 0.717) is 5.57 Å². The standard InChI is InChI=1S/C15H12N2O3/c18-15-13(12-3-1-2-4-14(12)16-15)9-10-5-7-11(8-6-10)17(19)20/h1-9,17,19H,(H,16,18). The van der Waals surface area contributed by atoms with Gasteiger partial charge in [-0.05, 0) is 29.8 Å². The predicted molar refractivity (Wildman–Crippen MR) is 75.2 cm³/mol. The second kappa shape index (κ2) is 4.90. The van der Waals surface area contributed by atoms with Crippen molar-refractivity contribution in [3.05, 3.63) is 64.9 Å². The molecule has 2 aromatic rings. The third-order valence-corrected chi connectivity index (χ3v) is 3.18. The molecule has 0 radical (unpaired) electrons. The summed E-state index contributed by atoms with van der Waals surface area (Å²) in [5, 5.41) is 21.5. The van der Waals surface area contributed by atoms with Crippen LogP contribution in [-0.2, 0) is 4.79 Å². The van der Waals surface area contributed by atoms with E-state index in [0.717, 1.165) is 16.8 Å². The van der Waals surface area contributed by atoms with Crippen LogP contribution in [0.1, 0.15) is 11.1 Å². The number of fused-ring (bicyclic) bond motifs is 1. The number of rotatable bonds is 2. The maximum absolute atomic E-state index is 11.9. The van der Waals surface area contributed by atoms with Crippen LogP contribution >= 0.6 is 0 Å². The SMILES string of the molecule is O=C1Nc2ccccc2C1=Cc1ccc([NH+]([O-])O)cc1. The van der Waals surface area contributed by atoms with Gasteiger partial charge in [-0.25, -0.2) is 5.21 Å². The van der Waals surface area contributed by atoms with Crippen LogP contribution in [0.2, 0.25) is 0 Å². The summed E-state index contributed by atoms with van der Waals surface area (Å²) in [6, 6.07) is 13.9. The van der Waals surface area contributed by atoms with Crippen LogP contribution in [0.15, 0.2) is 48.5 Å². The molecule has 1 atom stereocenters. The highest BCUT2D eigenvalue weighted by Gasteiger charge is 2.23. The quantitative estimate of drug-likeness (QED) is 0.571. The van der Waals surface area contributed by atoms with E-state index in [2.05, 4.69) is 5.32 Å². The van der Waals surface area contributed by atoms with E-state index >= 15 is 0 Å². The lowest BCUT2D eigenvalue weighted by atomic mass is 10.0. The summed E-state index contributed by atoms with van der Waals surface area (Å²) in [5.41, 5.74) is 3.26. The monoisotopic (exact) mass is 268 g/mol. The van der Waals surface area contributed by atoms with E-state index in [9.17, 15) is 10.0 Å². The highest BCUT2D eigenvalue weighted by molar-refractivity contribution is 6.34. The van der Waals surface area contributed by atoms with Crippen molar-refractivity contribution in [2.45, 2.75) is 0 Å². The molecular formula is C15H12N2O3. The maximum atomic E-state index is 11.9. The molecule has 0 saturated carbocycles. The van der Waals surface area contributed by atoms with Crippen LogP contribution in [-0.4, -0.2) is 11.1 Å². The van der Waals surface area contributed by atoms with Crippen LogP contribution in [0.3, 0.4) is 0 Å². The zero-order valence-electron chi connectivity index (χ0n) is 10.5. The number of quaternary nitrogens is 1.